The minimum absolute atomic E-state index is 0.123. The lowest BCUT2D eigenvalue weighted by molar-refractivity contribution is 0.0367. The number of ether oxygens (including phenoxy) is 1. The summed E-state index contributed by atoms with van der Waals surface area (Å²) in [6.07, 6.45) is 3.32. The minimum Gasteiger partial charge on any atom is -0.368 e. The van der Waals surface area contributed by atoms with Crippen molar-refractivity contribution in [2.24, 2.45) is 14.1 Å². The van der Waals surface area contributed by atoms with Gasteiger partial charge in [-0.3, -0.25) is 9.36 Å². The maximum Gasteiger partial charge on any atom is 0.279 e. The van der Waals surface area contributed by atoms with Crippen LogP contribution in [0.5, 0.6) is 0 Å². The number of aromatic nitrogens is 6. The molecular formula is C22H21ClFN7O2. The van der Waals surface area contributed by atoms with E-state index < -0.39 is 5.82 Å². The third kappa shape index (κ3) is 3.85. The summed E-state index contributed by atoms with van der Waals surface area (Å²) in [6.45, 7) is 3.08. The van der Waals surface area contributed by atoms with E-state index in [1.54, 1.807) is 26.4 Å². The maximum absolute atomic E-state index is 14.9. The lowest BCUT2D eigenvalue weighted by Crippen LogP contribution is -2.39. The molecule has 1 atom stereocenters. The van der Waals surface area contributed by atoms with Crippen molar-refractivity contribution in [1.29, 1.82) is 0 Å². The van der Waals surface area contributed by atoms with Crippen LogP contribution in [0.25, 0.3) is 22.3 Å². The van der Waals surface area contributed by atoms with Crippen LogP contribution in [0.3, 0.4) is 0 Å². The van der Waals surface area contributed by atoms with Crippen molar-refractivity contribution in [2.75, 3.05) is 24.6 Å². The van der Waals surface area contributed by atoms with E-state index >= 15 is 0 Å². The molecule has 0 saturated carbocycles. The summed E-state index contributed by atoms with van der Waals surface area (Å²) in [5.74, 6) is 0.224. The van der Waals surface area contributed by atoms with E-state index in [9.17, 15) is 9.18 Å². The zero-order chi connectivity index (χ0) is 23.3. The number of benzene rings is 1. The fourth-order valence-corrected chi connectivity index (χ4v) is 4.02. The van der Waals surface area contributed by atoms with Gasteiger partial charge in [0.2, 0.25) is 5.95 Å². The molecule has 1 aromatic carbocycles. The number of rotatable bonds is 3. The van der Waals surface area contributed by atoms with Gasteiger partial charge in [0.1, 0.15) is 29.0 Å². The molecule has 9 nitrogen and oxygen atoms in total. The van der Waals surface area contributed by atoms with Crippen molar-refractivity contribution < 1.29 is 9.13 Å². The molecule has 33 heavy (non-hydrogen) atoms. The molecule has 0 aliphatic carbocycles. The largest absolute Gasteiger partial charge is 0.368 e. The molecular weight excluding hydrogens is 449 g/mol. The first-order valence-electron chi connectivity index (χ1n) is 10.4. The van der Waals surface area contributed by atoms with Gasteiger partial charge >= 0.3 is 0 Å². The first-order valence-corrected chi connectivity index (χ1v) is 10.7. The predicted molar refractivity (Wildman–Crippen MR) is 122 cm³/mol. The molecule has 0 radical (unpaired) electrons. The van der Waals surface area contributed by atoms with Crippen molar-refractivity contribution in [2.45, 2.75) is 13.0 Å². The maximum atomic E-state index is 14.9. The fourth-order valence-electron chi connectivity index (χ4n) is 3.86. The quantitative estimate of drug-likeness (QED) is 0.455. The zero-order valence-electron chi connectivity index (χ0n) is 18.3. The highest BCUT2D eigenvalue weighted by Crippen LogP contribution is 2.31. The molecule has 1 unspecified atom stereocenters. The highest BCUT2D eigenvalue weighted by atomic mass is 35.5. The van der Waals surface area contributed by atoms with Gasteiger partial charge in [-0.25, -0.2) is 24.3 Å². The molecule has 0 bridgehead atoms. The molecule has 1 saturated heterocycles. The van der Waals surface area contributed by atoms with Gasteiger partial charge in [-0.1, -0.05) is 11.6 Å². The molecule has 4 heterocycles. The summed E-state index contributed by atoms with van der Waals surface area (Å²) in [5.41, 5.74) is 1.27. The Kier molecular flexibility index (Phi) is 5.34. The lowest BCUT2D eigenvalue weighted by atomic mass is 10.1. The van der Waals surface area contributed by atoms with Gasteiger partial charge in [-0.05, 0) is 25.1 Å². The van der Waals surface area contributed by atoms with E-state index in [-0.39, 0.29) is 39.0 Å². The summed E-state index contributed by atoms with van der Waals surface area (Å²) < 4.78 is 24.1. The molecule has 4 aromatic rings. The Hall–Kier alpha value is -3.37. The standard InChI is InChI=1S/C22H21ClFN7O2/c1-12-26-19-18(14-5-4-13(23)8-15(14)24)27-22(28-20(19)21(32)30(12)3)31-6-7-33-17(10-31)16-9-29(2)11-25-16/h4-5,8-9,11,17H,6-7,10H2,1-3H3. The van der Waals surface area contributed by atoms with Crippen LogP contribution in [0.1, 0.15) is 17.6 Å². The van der Waals surface area contributed by atoms with Crippen LogP contribution >= 0.6 is 11.6 Å². The normalized spacial score (nSPS) is 16.5. The second-order valence-electron chi connectivity index (χ2n) is 7.99. The van der Waals surface area contributed by atoms with Crippen LogP contribution < -0.4 is 10.5 Å². The Bertz CT molecular complexity index is 1430. The third-order valence-electron chi connectivity index (χ3n) is 5.73. The number of aryl methyl sites for hydroxylation is 2. The number of imidazole rings is 1. The Morgan fingerprint density at radius 2 is 2.00 bits per heavy atom. The summed E-state index contributed by atoms with van der Waals surface area (Å²) in [5, 5.41) is 0.265. The average Bonchev–Trinajstić information content (AvgIpc) is 3.24. The van der Waals surface area contributed by atoms with E-state index in [4.69, 9.17) is 16.3 Å². The van der Waals surface area contributed by atoms with Gasteiger partial charge in [0.25, 0.3) is 5.56 Å². The second-order valence-corrected chi connectivity index (χ2v) is 8.42. The lowest BCUT2D eigenvalue weighted by Gasteiger charge is -2.32. The van der Waals surface area contributed by atoms with Crippen LogP contribution in [0.4, 0.5) is 10.3 Å². The smallest absolute Gasteiger partial charge is 0.279 e. The Morgan fingerprint density at radius 3 is 2.73 bits per heavy atom. The van der Waals surface area contributed by atoms with Gasteiger partial charge in [-0.2, -0.15) is 0 Å². The Balaban J connectivity index is 1.67. The summed E-state index contributed by atoms with van der Waals surface area (Å²) in [7, 11) is 3.52. The first-order chi connectivity index (χ1) is 15.8. The molecule has 0 spiro atoms. The van der Waals surface area contributed by atoms with Gasteiger partial charge in [0.15, 0.2) is 5.52 Å². The highest BCUT2D eigenvalue weighted by Gasteiger charge is 2.27. The second kappa shape index (κ2) is 8.20. The van der Waals surface area contributed by atoms with Crippen LogP contribution in [0, 0.1) is 12.7 Å². The van der Waals surface area contributed by atoms with E-state index in [2.05, 4.69) is 19.9 Å². The number of halogens is 2. The minimum atomic E-state index is -0.554. The number of morpholine rings is 1. The molecule has 5 rings (SSSR count). The number of anilines is 1. The van der Waals surface area contributed by atoms with Crippen LogP contribution in [0.15, 0.2) is 35.5 Å². The zero-order valence-corrected chi connectivity index (χ0v) is 19.0. The van der Waals surface area contributed by atoms with Crippen molar-refractivity contribution >= 4 is 28.6 Å². The van der Waals surface area contributed by atoms with Crippen LogP contribution in [-0.4, -0.2) is 48.8 Å². The van der Waals surface area contributed by atoms with E-state index in [0.29, 0.717) is 31.5 Å². The Labute approximate surface area is 193 Å². The van der Waals surface area contributed by atoms with Gasteiger partial charge in [-0.15, -0.1) is 0 Å². The Morgan fingerprint density at radius 1 is 1.18 bits per heavy atom. The number of hydrogen-bond acceptors (Lipinski definition) is 7. The van der Waals surface area contributed by atoms with Gasteiger partial charge in [0, 0.05) is 37.4 Å². The van der Waals surface area contributed by atoms with Crippen molar-refractivity contribution in [3.8, 4) is 11.3 Å². The molecule has 1 aliphatic rings. The third-order valence-corrected chi connectivity index (χ3v) is 5.96. The average molecular weight is 470 g/mol. The number of nitrogens with zero attached hydrogens (tertiary/aromatic N) is 7. The van der Waals surface area contributed by atoms with E-state index in [1.807, 2.05) is 22.7 Å². The van der Waals surface area contributed by atoms with Gasteiger partial charge < -0.3 is 14.2 Å². The molecule has 11 heteroatoms. The van der Waals surface area contributed by atoms with E-state index in [0.717, 1.165) is 5.69 Å². The van der Waals surface area contributed by atoms with Crippen molar-refractivity contribution in [3.63, 3.8) is 0 Å². The number of hydrogen-bond donors (Lipinski definition) is 0. The van der Waals surface area contributed by atoms with Crippen LogP contribution in [-0.2, 0) is 18.8 Å². The molecule has 1 fully saturated rings. The summed E-state index contributed by atoms with van der Waals surface area (Å²) in [4.78, 5) is 33.1. The molecule has 0 amide bonds. The SMILES string of the molecule is Cc1nc2c(-c3ccc(Cl)cc3F)nc(N3CCOC(c4cn(C)cn4)C3)nc2c(=O)n1C. The fraction of sp³-hybridized carbons (Fsp3) is 0.318. The monoisotopic (exact) mass is 469 g/mol. The van der Waals surface area contributed by atoms with E-state index in [1.165, 1.54) is 16.7 Å². The molecule has 170 valence electrons. The van der Waals surface area contributed by atoms with Crippen LogP contribution in [0.2, 0.25) is 5.02 Å². The summed E-state index contributed by atoms with van der Waals surface area (Å²) in [6, 6.07) is 4.32. The van der Waals surface area contributed by atoms with Crippen molar-refractivity contribution in [1.82, 2.24) is 29.1 Å². The van der Waals surface area contributed by atoms with Crippen molar-refractivity contribution in [3.05, 3.63) is 63.4 Å². The van der Waals surface area contributed by atoms with Gasteiger partial charge in [0.05, 0.1) is 25.2 Å². The molecule has 3 aromatic heterocycles. The highest BCUT2D eigenvalue weighted by molar-refractivity contribution is 6.30. The summed E-state index contributed by atoms with van der Waals surface area (Å²) >= 11 is 5.95. The molecule has 1 aliphatic heterocycles. The topological polar surface area (TPSA) is 91.0 Å². The predicted octanol–water partition coefficient (Wildman–Crippen LogP) is 2.80. The molecule has 0 N–H and O–H groups in total. The first kappa shape index (κ1) is 21.5. The number of fused-ring (bicyclic) bond motifs is 1.